The van der Waals surface area contributed by atoms with Crippen LogP contribution in [0.3, 0.4) is 0 Å². The van der Waals surface area contributed by atoms with E-state index in [0.717, 1.165) is 30.2 Å². The van der Waals surface area contributed by atoms with Crippen LogP contribution in [0.25, 0.3) is 0 Å². The van der Waals surface area contributed by atoms with E-state index in [9.17, 15) is 4.79 Å². The minimum Gasteiger partial charge on any atom is -0.377 e. The Morgan fingerprint density at radius 3 is 2.88 bits per heavy atom. The van der Waals surface area contributed by atoms with Gasteiger partial charge in [-0.15, -0.1) is 0 Å². The van der Waals surface area contributed by atoms with Gasteiger partial charge in [0.1, 0.15) is 6.61 Å². The Kier molecular flexibility index (Phi) is 5.19. The van der Waals surface area contributed by atoms with Gasteiger partial charge < -0.3 is 9.64 Å². The molecule has 0 saturated carbocycles. The van der Waals surface area contributed by atoms with Crippen LogP contribution >= 0.6 is 11.5 Å². The first-order valence-corrected chi connectivity index (χ1v) is 9.32. The first-order chi connectivity index (χ1) is 11.9. The fourth-order valence-electron chi connectivity index (χ4n) is 3.01. The maximum atomic E-state index is 12.3. The van der Waals surface area contributed by atoms with Gasteiger partial charge in [0.15, 0.2) is 5.82 Å². The Balaban J connectivity index is 1.80. The van der Waals surface area contributed by atoms with Crippen molar-refractivity contribution in [2.24, 2.45) is 0 Å². The van der Waals surface area contributed by atoms with Crippen molar-refractivity contribution in [3.05, 3.63) is 34.0 Å². The number of methoxy groups -OCH3 is 1. The lowest BCUT2D eigenvalue weighted by molar-refractivity contribution is 0.179. The standard InChI is InChI=1S/C17H25N5O2S/c1-17(2,3)13-7-8-15(23)22(19-13)10-12-6-5-9-21(12)16-18-14(11-24-4)20-25-16/h7-8,12H,5-6,9-11H2,1-4H3. The third-order valence-corrected chi connectivity index (χ3v) is 5.16. The highest BCUT2D eigenvalue weighted by Gasteiger charge is 2.28. The molecule has 1 unspecified atom stereocenters. The highest BCUT2D eigenvalue weighted by atomic mass is 32.1. The lowest BCUT2D eigenvalue weighted by atomic mass is 9.92. The third kappa shape index (κ3) is 4.07. The molecule has 7 nitrogen and oxygen atoms in total. The molecule has 3 rings (SSSR count). The Labute approximate surface area is 151 Å². The molecule has 1 saturated heterocycles. The van der Waals surface area contributed by atoms with E-state index >= 15 is 0 Å². The van der Waals surface area contributed by atoms with Crippen molar-refractivity contribution < 1.29 is 4.74 Å². The van der Waals surface area contributed by atoms with Crippen LogP contribution in [0.4, 0.5) is 5.13 Å². The van der Waals surface area contributed by atoms with Gasteiger partial charge in [-0.1, -0.05) is 20.8 Å². The van der Waals surface area contributed by atoms with E-state index in [-0.39, 0.29) is 17.0 Å². The van der Waals surface area contributed by atoms with Gasteiger partial charge in [0.25, 0.3) is 5.56 Å². The number of hydrogen-bond acceptors (Lipinski definition) is 7. The van der Waals surface area contributed by atoms with E-state index in [1.807, 2.05) is 6.07 Å². The summed E-state index contributed by atoms with van der Waals surface area (Å²) in [7, 11) is 1.64. The summed E-state index contributed by atoms with van der Waals surface area (Å²) >= 11 is 1.39. The molecular weight excluding hydrogens is 338 g/mol. The number of anilines is 1. The molecule has 0 aromatic carbocycles. The summed E-state index contributed by atoms with van der Waals surface area (Å²) in [5, 5.41) is 5.49. The Morgan fingerprint density at radius 2 is 2.16 bits per heavy atom. The van der Waals surface area contributed by atoms with Crippen molar-refractivity contribution >= 4 is 16.7 Å². The smallest absolute Gasteiger partial charge is 0.266 e. The molecule has 136 valence electrons. The molecule has 25 heavy (non-hydrogen) atoms. The molecule has 0 N–H and O–H groups in total. The predicted octanol–water partition coefficient (Wildman–Crippen LogP) is 2.21. The average molecular weight is 363 g/mol. The molecule has 3 heterocycles. The van der Waals surface area contributed by atoms with Crippen molar-refractivity contribution in [1.29, 1.82) is 0 Å². The van der Waals surface area contributed by atoms with Crippen LogP contribution in [0, 0.1) is 0 Å². The Morgan fingerprint density at radius 1 is 1.36 bits per heavy atom. The van der Waals surface area contributed by atoms with Gasteiger partial charge in [-0.05, 0) is 18.9 Å². The largest absolute Gasteiger partial charge is 0.377 e. The van der Waals surface area contributed by atoms with Crippen molar-refractivity contribution in [2.45, 2.75) is 58.2 Å². The molecule has 2 aromatic rings. The monoisotopic (exact) mass is 363 g/mol. The second kappa shape index (κ2) is 7.21. The van der Waals surface area contributed by atoms with E-state index < -0.39 is 0 Å². The maximum Gasteiger partial charge on any atom is 0.266 e. The highest BCUT2D eigenvalue weighted by molar-refractivity contribution is 7.09. The molecule has 0 spiro atoms. The van der Waals surface area contributed by atoms with Crippen molar-refractivity contribution in [2.75, 3.05) is 18.6 Å². The van der Waals surface area contributed by atoms with Gasteiger partial charge in [-0.25, -0.2) is 9.67 Å². The van der Waals surface area contributed by atoms with E-state index in [1.54, 1.807) is 17.9 Å². The van der Waals surface area contributed by atoms with Gasteiger partial charge >= 0.3 is 0 Å². The molecule has 0 bridgehead atoms. The van der Waals surface area contributed by atoms with Crippen molar-refractivity contribution in [3.63, 3.8) is 0 Å². The lowest BCUT2D eigenvalue weighted by Crippen LogP contribution is -2.38. The minimum atomic E-state index is -0.0842. The summed E-state index contributed by atoms with van der Waals surface area (Å²) < 4.78 is 11.0. The normalized spacial score (nSPS) is 18.1. The zero-order valence-electron chi connectivity index (χ0n) is 15.2. The molecule has 8 heteroatoms. The molecule has 1 aliphatic rings. The predicted molar refractivity (Wildman–Crippen MR) is 98.2 cm³/mol. The first kappa shape index (κ1) is 18.0. The molecular formula is C17H25N5O2S. The Bertz CT molecular complexity index is 780. The number of ether oxygens (including phenoxy) is 1. The van der Waals surface area contributed by atoms with E-state index in [2.05, 4.69) is 40.1 Å². The Hall–Kier alpha value is -1.80. The fraction of sp³-hybridized carbons (Fsp3) is 0.647. The number of rotatable bonds is 5. The molecule has 1 atom stereocenters. The average Bonchev–Trinajstić information content (AvgIpc) is 3.17. The van der Waals surface area contributed by atoms with Crippen LogP contribution in [0.15, 0.2) is 16.9 Å². The summed E-state index contributed by atoms with van der Waals surface area (Å²) in [6.07, 6.45) is 2.10. The minimum absolute atomic E-state index is 0.0582. The van der Waals surface area contributed by atoms with E-state index in [0.29, 0.717) is 19.0 Å². The summed E-state index contributed by atoms with van der Waals surface area (Å²) in [6.45, 7) is 8.23. The van der Waals surface area contributed by atoms with Gasteiger partial charge in [0, 0.05) is 36.7 Å². The van der Waals surface area contributed by atoms with Gasteiger partial charge in [-0.3, -0.25) is 4.79 Å². The second-order valence-corrected chi connectivity index (χ2v) is 8.13. The van der Waals surface area contributed by atoms with Gasteiger partial charge in [-0.2, -0.15) is 9.47 Å². The zero-order chi connectivity index (χ0) is 18.0. The van der Waals surface area contributed by atoms with Gasteiger partial charge in [0.2, 0.25) is 5.13 Å². The number of aromatic nitrogens is 4. The zero-order valence-corrected chi connectivity index (χ0v) is 16.0. The first-order valence-electron chi connectivity index (χ1n) is 8.55. The second-order valence-electron chi connectivity index (χ2n) is 7.40. The van der Waals surface area contributed by atoms with Crippen LogP contribution in [0.1, 0.15) is 45.1 Å². The summed E-state index contributed by atoms with van der Waals surface area (Å²) in [5.74, 6) is 0.707. The maximum absolute atomic E-state index is 12.3. The lowest BCUT2D eigenvalue weighted by Gasteiger charge is -2.25. The third-order valence-electron chi connectivity index (χ3n) is 4.37. The molecule has 0 aliphatic carbocycles. The van der Waals surface area contributed by atoms with Crippen LogP contribution in [0.2, 0.25) is 0 Å². The van der Waals surface area contributed by atoms with Crippen molar-refractivity contribution in [3.8, 4) is 0 Å². The quantitative estimate of drug-likeness (QED) is 0.811. The number of nitrogens with zero attached hydrogens (tertiary/aromatic N) is 5. The summed E-state index contributed by atoms with van der Waals surface area (Å²) in [6, 6.07) is 3.66. The molecule has 0 radical (unpaired) electrons. The number of hydrogen-bond donors (Lipinski definition) is 0. The van der Waals surface area contributed by atoms with Crippen LogP contribution in [-0.4, -0.2) is 38.8 Å². The van der Waals surface area contributed by atoms with E-state index in [4.69, 9.17) is 4.74 Å². The van der Waals surface area contributed by atoms with Crippen LogP contribution in [-0.2, 0) is 23.3 Å². The summed E-state index contributed by atoms with van der Waals surface area (Å²) in [4.78, 5) is 19.1. The van der Waals surface area contributed by atoms with E-state index in [1.165, 1.54) is 11.5 Å². The highest BCUT2D eigenvalue weighted by Crippen LogP contribution is 2.28. The molecule has 1 fully saturated rings. The summed E-state index contributed by atoms with van der Waals surface area (Å²) in [5.41, 5.74) is 0.783. The van der Waals surface area contributed by atoms with Gasteiger partial charge in [0.05, 0.1) is 18.3 Å². The SMILES string of the molecule is COCc1nsc(N2CCCC2Cn2nc(C(C)(C)C)ccc2=O)n1. The van der Waals surface area contributed by atoms with Crippen LogP contribution < -0.4 is 10.5 Å². The topological polar surface area (TPSA) is 73.1 Å². The van der Waals surface area contributed by atoms with Crippen LogP contribution in [0.5, 0.6) is 0 Å². The molecule has 1 aliphatic heterocycles. The molecule has 2 aromatic heterocycles. The molecule has 0 amide bonds. The van der Waals surface area contributed by atoms with Crippen molar-refractivity contribution in [1.82, 2.24) is 19.1 Å². The fourth-order valence-corrected chi connectivity index (χ4v) is 3.78.